The highest BCUT2D eigenvalue weighted by molar-refractivity contribution is 5.93. The Morgan fingerprint density at radius 2 is 2.24 bits per heavy atom. The molecule has 21 heavy (non-hydrogen) atoms. The van der Waals surface area contributed by atoms with Gasteiger partial charge in [-0.1, -0.05) is 13.0 Å². The number of nitrogens with zero attached hydrogens (tertiary/aromatic N) is 1. The van der Waals surface area contributed by atoms with Crippen LogP contribution in [0.25, 0.3) is 0 Å². The summed E-state index contributed by atoms with van der Waals surface area (Å²) in [5.74, 6) is 1.29. The molecule has 0 unspecified atom stereocenters. The van der Waals surface area contributed by atoms with Crippen LogP contribution in [0.2, 0.25) is 0 Å². The van der Waals surface area contributed by atoms with Crippen molar-refractivity contribution < 1.29 is 9.53 Å². The third-order valence-corrected chi connectivity index (χ3v) is 3.76. The summed E-state index contributed by atoms with van der Waals surface area (Å²) in [6.45, 7) is 5.26. The smallest absolute Gasteiger partial charge is 0.229 e. The van der Waals surface area contributed by atoms with Gasteiger partial charge in [-0.05, 0) is 38.7 Å². The second-order valence-electron chi connectivity index (χ2n) is 5.91. The van der Waals surface area contributed by atoms with Crippen LogP contribution in [0.15, 0.2) is 24.3 Å². The van der Waals surface area contributed by atoms with E-state index in [0.717, 1.165) is 31.1 Å². The quantitative estimate of drug-likeness (QED) is 0.832. The first-order chi connectivity index (χ1) is 10.1. The van der Waals surface area contributed by atoms with E-state index in [4.69, 9.17) is 4.74 Å². The molecular formula is C16H25N3O2. The number of amides is 1. The fraction of sp³-hybridized carbons (Fsp3) is 0.562. The molecule has 1 aromatic rings. The van der Waals surface area contributed by atoms with Crippen molar-refractivity contribution in [3.8, 4) is 5.75 Å². The summed E-state index contributed by atoms with van der Waals surface area (Å²) < 4.78 is 5.68. The van der Waals surface area contributed by atoms with E-state index < -0.39 is 0 Å². The zero-order valence-corrected chi connectivity index (χ0v) is 13.1. The molecule has 1 aliphatic rings. The number of rotatable bonds is 6. The minimum absolute atomic E-state index is 0.0447. The van der Waals surface area contributed by atoms with Crippen molar-refractivity contribution in [2.75, 3.05) is 45.7 Å². The molecule has 1 heterocycles. The maximum absolute atomic E-state index is 12.2. The van der Waals surface area contributed by atoms with E-state index in [1.54, 1.807) is 0 Å². The van der Waals surface area contributed by atoms with Gasteiger partial charge in [0.1, 0.15) is 12.4 Å². The van der Waals surface area contributed by atoms with Crippen LogP contribution in [-0.4, -0.2) is 51.1 Å². The van der Waals surface area contributed by atoms with E-state index in [1.807, 2.05) is 38.4 Å². The Balaban J connectivity index is 1.89. The van der Waals surface area contributed by atoms with Crippen LogP contribution in [0.5, 0.6) is 5.75 Å². The van der Waals surface area contributed by atoms with Crippen molar-refractivity contribution in [2.24, 2.45) is 11.8 Å². The highest BCUT2D eigenvalue weighted by Crippen LogP contribution is 2.21. The Hall–Kier alpha value is -1.59. The summed E-state index contributed by atoms with van der Waals surface area (Å²) in [6, 6.07) is 7.58. The zero-order valence-electron chi connectivity index (χ0n) is 13.1. The molecule has 116 valence electrons. The maximum Gasteiger partial charge on any atom is 0.229 e. The first kappa shape index (κ1) is 15.8. The van der Waals surface area contributed by atoms with Crippen LogP contribution >= 0.6 is 0 Å². The average molecular weight is 291 g/mol. The molecule has 0 radical (unpaired) electrons. The minimum Gasteiger partial charge on any atom is -0.492 e. The number of hydrogen-bond acceptors (Lipinski definition) is 4. The molecule has 1 saturated heterocycles. The fourth-order valence-corrected chi connectivity index (χ4v) is 2.41. The number of carbonyl (C=O) groups is 1. The predicted octanol–water partition coefficient (Wildman–Crippen LogP) is 1.42. The molecule has 0 spiro atoms. The van der Waals surface area contributed by atoms with Crippen LogP contribution in [0.1, 0.15) is 6.92 Å². The molecular weight excluding hydrogens is 266 g/mol. The van der Waals surface area contributed by atoms with Crippen LogP contribution in [-0.2, 0) is 4.79 Å². The van der Waals surface area contributed by atoms with Gasteiger partial charge in [-0.15, -0.1) is 0 Å². The minimum atomic E-state index is 0.0447. The number of anilines is 1. The number of nitrogens with one attached hydrogen (secondary N) is 2. The molecule has 0 aromatic heterocycles. The summed E-state index contributed by atoms with van der Waals surface area (Å²) >= 11 is 0. The Bertz CT molecular complexity index is 476. The first-order valence-corrected chi connectivity index (χ1v) is 7.45. The molecule has 2 N–H and O–H groups in total. The van der Waals surface area contributed by atoms with Gasteiger partial charge >= 0.3 is 0 Å². The van der Waals surface area contributed by atoms with Crippen molar-refractivity contribution >= 4 is 11.6 Å². The molecule has 1 aromatic carbocycles. The van der Waals surface area contributed by atoms with Gasteiger partial charge in [0, 0.05) is 24.8 Å². The van der Waals surface area contributed by atoms with Crippen molar-refractivity contribution in [1.82, 2.24) is 10.2 Å². The topological polar surface area (TPSA) is 53.6 Å². The van der Waals surface area contributed by atoms with E-state index in [9.17, 15) is 4.79 Å². The summed E-state index contributed by atoms with van der Waals surface area (Å²) in [6.07, 6.45) is 0. The van der Waals surface area contributed by atoms with Crippen LogP contribution < -0.4 is 15.4 Å². The molecule has 1 aliphatic heterocycles. The van der Waals surface area contributed by atoms with E-state index >= 15 is 0 Å². The number of carbonyl (C=O) groups excluding carboxylic acids is 1. The van der Waals surface area contributed by atoms with Gasteiger partial charge in [0.15, 0.2) is 0 Å². The third kappa shape index (κ3) is 4.72. The molecule has 0 saturated carbocycles. The number of likely N-dealkylation sites (N-methyl/N-ethyl adjacent to an activating group) is 1. The SMILES string of the molecule is C[C@@H]1CNC[C@H]1C(=O)Nc1cccc(OCCN(C)C)c1. The molecule has 0 bridgehead atoms. The lowest BCUT2D eigenvalue weighted by molar-refractivity contribution is -0.120. The molecule has 5 nitrogen and oxygen atoms in total. The van der Waals surface area contributed by atoms with Crippen LogP contribution in [0.3, 0.4) is 0 Å². The number of hydrogen-bond donors (Lipinski definition) is 2. The van der Waals surface area contributed by atoms with Crippen molar-refractivity contribution in [1.29, 1.82) is 0 Å². The summed E-state index contributed by atoms with van der Waals surface area (Å²) in [5.41, 5.74) is 0.793. The Labute approximate surface area is 126 Å². The Morgan fingerprint density at radius 1 is 1.43 bits per heavy atom. The first-order valence-electron chi connectivity index (χ1n) is 7.45. The van der Waals surface area contributed by atoms with Gasteiger partial charge in [0.05, 0.1) is 5.92 Å². The zero-order chi connectivity index (χ0) is 15.2. The van der Waals surface area contributed by atoms with Crippen LogP contribution in [0, 0.1) is 11.8 Å². The molecule has 2 atom stereocenters. The summed E-state index contributed by atoms with van der Waals surface area (Å²) in [7, 11) is 4.02. The normalized spacial score (nSPS) is 21.5. The van der Waals surface area contributed by atoms with Crippen molar-refractivity contribution in [2.45, 2.75) is 6.92 Å². The summed E-state index contributed by atoms with van der Waals surface area (Å²) in [4.78, 5) is 14.3. The van der Waals surface area contributed by atoms with Gasteiger partial charge in [-0.3, -0.25) is 4.79 Å². The van der Waals surface area contributed by atoms with Gasteiger partial charge in [-0.2, -0.15) is 0 Å². The second-order valence-corrected chi connectivity index (χ2v) is 5.91. The van der Waals surface area contributed by atoms with E-state index in [0.29, 0.717) is 12.5 Å². The van der Waals surface area contributed by atoms with Gasteiger partial charge in [0.2, 0.25) is 5.91 Å². The highest BCUT2D eigenvalue weighted by atomic mass is 16.5. The predicted molar refractivity (Wildman–Crippen MR) is 84.6 cm³/mol. The molecule has 2 rings (SSSR count). The van der Waals surface area contributed by atoms with Gasteiger partial charge in [0.25, 0.3) is 0 Å². The van der Waals surface area contributed by atoms with Gasteiger partial charge in [-0.25, -0.2) is 0 Å². The maximum atomic E-state index is 12.2. The summed E-state index contributed by atoms with van der Waals surface area (Å²) in [5, 5.41) is 6.23. The lowest BCUT2D eigenvalue weighted by atomic mass is 9.97. The Morgan fingerprint density at radius 3 is 2.90 bits per heavy atom. The third-order valence-electron chi connectivity index (χ3n) is 3.76. The average Bonchev–Trinajstić information content (AvgIpc) is 2.85. The lowest BCUT2D eigenvalue weighted by Crippen LogP contribution is -2.27. The lowest BCUT2D eigenvalue weighted by Gasteiger charge is -2.15. The van der Waals surface area contributed by atoms with Gasteiger partial charge < -0.3 is 20.3 Å². The Kier molecular flexibility index (Phi) is 5.59. The molecule has 0 aliphatic carbocycles. The van der Waals surface area contributed by atoms with Crippen molar-refractivity contribution in [3.05, 3.63) is 24.3 Å². The fourth-order valence-electron chi connectivity index (χ4n) is 2.41. The standard InChI is InChI=1S/C16H25N3O2/c1-12-10-17-11-15(12)16(20)18-13-5-4-6-14(9-13)21-8-7-19(2)3/h4-6,9,12,15,17H,7-8,10-11H2,1-3H3,(H,18,20)/t12-,15-/m1/s1. The molecule has 5 heteroatoms. The van der Waals surface area contributed by atoms with E-state index in [1.165, 1.54) is 0 Å². The number of ether oxygens (including phenoxy) is 1. The van der Waals surface area contributed by atoms with E-state index in [-0.39, 0.29) is 11.8 Å². The molecule has 1 amide bonds. The van der Waals surface area contributed by atoms with E-state index in [2.05, 4.69) is 22.5 Å². The van der Waals surface area contributed by atoms with Crippen molar-refractivity contribution in [3.63, 3.8) is 0 Å². The highest BCUT2D eigenvalue weighted by Gasteiger charge is 2.29. The molecule has 1 fully saturated rings. The largest absolute Gasteiger partial charge is 0.492 e. The number of benzene rings is 1. The van der Waals surface area contributed by atoms with Crippen LogP contribution in [0.4, 0.5) is 5.69 Å². The monoisotopic (exact) mass is 291 g/mol. The second kappa shape index (κ2) is 7.43.